The van der Waals surface area contributed by atoms with Crippen LogP contribution in [-0.2, 0) is 4.79 Å². The largest absolute Gasteiger partial charge is 0.481 e. The summed E-state index contributed by atoms with van der Waals surface area (Å²) >= 11 is 5.77. The summed E-state index contributed by atoms with van der Waals surface area (Å²) in [6.45, 7) is 1.27. The van der Waals surface area contributed by atoms with Crippen molar-refractivity contribution in [3.8, 4) is 0 Å². The summed E-state index contributed by atoms with van der Waals surface area (Å²) in [6.07, 6.45) is 2.62. The fraction of sp³-hybridized carbons (Fsp3) is 0.312. The van der Waals surface area contributed by atoms with E-state index in [4.69, 9.17) is 16.7 Å². The van der Waals surface area contributed by atoms with Gasteiger partial charge >= 0.3 is 5.97 Å². The molecule has 2 heterocycles. The molecule has 24 heavy (non-hydrogen) atoms. The second kappa shape index (κ2) is 7.00. The third-order valence-electron chi connectivity index (χ3n) is 4.01. The van der Waals surface area contributed by atoms with E-state index in [-0.39, 0.29) is 10.9 Å². The molecule has 0 bridgehead atoms. The van der Waals surface area contributed by atoms with Gasteiger partial charge in [0, 0.05) is 24.8 Å². The van der Waals surface area contributed by atoms with E-state index in [1.54, 1.807) is 12.1 Å². The Hall–Kier alpha value is -2.41. The van der Waals surface area contributed by atoms with E-state index < -0.39 is 11.8 Å². The zero-order valence-electron chi connectivity index (χ0n) is 12.7. The van der Waals surface area contributed by atoms with Gasteiger partial charge in [0.25, 0.3) is 0 Å². The lowest BCUT2D eigenvalue weighted by Gasteiger charge is -2.31. The third kappa shape index (κ3) is 3.73. The van der Waals surface area contributed by atoms with Crippen molar-refractivity contribution in [3.05, 3.63) is 41.4 Å². The van der Waals surface area contributed by atoms with Crippen molar-refractivity contribution < 1.29 is 14.3 Å². The topological polar surface area (TPSA) is 78.4 Å². The van der Waals surface area contributed by atoms with E-state index in [0.717, 1.165) is 5.82 Å². The molecule has 1 saturated heterocycles. The van der Waals surface area contributed by atoms with Gasteiger partial charge in [-0.05, 0) is 31.0 Å². The highest BCUT2D eigenvalue weighted by atomic mass is 35.5. The molecule has 8 heteroatoms. The van der Waals surface area contributed by atoms with Gasteiger partial charge in [-0.15, -0.1) is 0 Å². The lowest BCUT2D eigenvalue weighted by Crippen LogP contribution is -2.36. The normalized spacial score (nSPS) is 15.3. The third-order valence-corrected chi connectivity index (χ3v) is 4.30. The van der Waals surface area contributed by atoms with Crippen molar-refractivity contribution in [2.24, 2.45) is 5.92 Å². The van der Waals surface area contributed by atoms with E-state index in [0.29, 0.717) is 37.4 Å². The molecule has 0 aliphatic carbocycles. The van der Waals surface area contributed by atoms with Crippen molar-refractivity contribution in [3.63, 3.8) is 0 Å². The Kier molecular flexibility index (Phi) is 4.80. The monoisotopic (exact) mass is 350 g/mol. The molecule has 0 saturated carbocycles. The standard InChI is InChI=1S/C16H16ClFN4O2/c17-12-7-11(1-2-13(12)18)21-14-8-15(20-9-19-14)22-5-3-10(4-6-22)16(23)24/h1-2,7-10H,3-6H2,(H,23,24)(H,19,20,21). The molecule has 2 aromatic rings. The van der Waals surface area contributed by atoms with Crippen LogP contribution in [0.25, 0.3) is 0 Å². The predicted molar refractivity (Wildman–Crippen MR) is 89.3 cm³/mol. The molecule has 0 unspecified atom stereocenters. The Morgan fingerprint density at radius 3 is 2.71 bits per heavy atom. The van der Waals surface area contributed by atoms with Gasteiger partial charge in [-0.2, -0.15) is 0 Å². The van der Waals surface area contributed by atoms with Crippen molar-refractivity contribution in [1.82, 2.24) is 9.97 Å². The molecule has 0 amide bonds. The van der Waals surface area contributed by atoms with Crippen LogP contribution in [0.15, 0.2) is 30.6 Å². The minimum atomic E-state index is -0.743. The number of nitrogens with one attached hydrogen (secondary N) is 1. The summed E-state index contributed by atoms with van der Waals surface area (Å²) in [6, 6.07) is 6.11. The number of carboxylic acid groups (broad SMARTS) is 1. The number of rotatable bonds is 4. The Morgan fingerprint density at radius 1 is 1.29 bits per heavy atom. The van der Waals surface area contributed by atoms with Gasteiger partial charge in [-0.25, -0.2) is 14.4 Å². The highest BCUT2D eigenvalue weighted by Gasteiger charge is 2.25. The van der Waals surface area contributed by atoms with Gasteiger partial charge in [0.05, 0.1) is 10.9 Å². The number of carbonyl (C=O) groups is 1. The van der Waals surface area contributed by atoms with Crippen molar-refractivity contribution in [2.75, 3.05) is 23.3 Å². The second-order valence-electron chi connectivity index (χ2n) is 5.61. The van der Waals surface area contributed by atoms with Crippen molar-refractivity contribution >= 4 is 34.9 Å². The molecule has 1 aliphatic heterocycles. The zero-order chi connectivity index (χ0) is 17.1. The number of carboxylic acids is 1. The maximum absolute atomic E-state index is 13.2. The molecule has 3 rings (SSSR count). The first kappa shape index (κ1) is 16.4. The Bertz CT molecular complexity index is 751. The molecular formula is C16H16ClFN4O2. The highest BCUT2D eigenvalue weighted by molar-refractivity contribution is 6.31. The summed E-state index contributed by atoms with van der Waals surface area (Å²) < 4.78 is 13.2. The van der Waals surface area contributed by atoms with E-state index in [1.807, 2.05) is 4.90 Å². The van der Waals surface area contributed by atoms with Crippen LogP contribution in [0.1, 0.15) is 12.8 Å². The van der Waals surface area contributed by atoms with Crippen LogP contribution in [-0.4, -0.2) is 34.1 Å². The van der Waals surface area contributed by atoms with Crippen LogP contribution in [0.3, 0.4) is 0 Å². The lowest BCUT2D eigenvalue weighted by molar-refractivity contribution is -0.142. The van der Waals surface area contributed by atoms with Crippen molar-refractivity contribution in [1.29, 1.82) is 0 Å². The molecule has 1 fully saturated rings. The van der Waals surface area contributed by atoms with Gasteiger partial charge in [-0.3, -0.25) is 4.79 Å². The lowest BCUT2D eigenvalue weighted by atomic mass is 9.97. The second-order valence-corrected chi connectivity index (χ2v) is 6.02. The number of anilines is 3. The fourth-order valence-electron chi connectivity index (χ4n) is 2.67. The SMILES string of the molecule is O=C(O)C1CCN(c2cc(Nc3ccc(F)c(Cl)c3)ncn2)CC1. The van der Waals surface area contributed by atoms with Gasteiger partial charge < -0.3 is 15.3 Å². The van der Waals surface area contributed by atoms with E-state index in [9.17, 15) is 9.18 Å². The van der Waals surface area contributed by atoms with Crippen LogP contribution in [0.5, 0.6) is 0 Å². The van der Waals surface area contributed by atoms with Crippen LogP contribution < -0.4 is 10.2 Å². The zero-order valence-corrected chi connectivity index (χ0v) is 13.5. The minimum Gasteiger partial charge on any atom is -0.481 e. The van der Waals surface area contributed by atoms with Gasteiger partial charge in [-0.1, -0.05) is 11.6 Å². The summed E-state index contributed by atoms with van der Waals surface area (Å²) in [7, 11) is 0. The van der Waals surface area contributed by atoms with Gasteiger partial charge in [0.1, 0.15) is 23.8 Å². The van der Waals surface area contributed by atoms with E-state index >= 15 is 0 Å². The van der Waals surface area contributed by atoms with Crippen molar-refractivity contribution in [2.45, 2.75) is 12.8 Å². The number of nitrogens with zero attached hydrogens (tertiary/aromatic N) is 3. The average molecular weight is 351 g/mol. The predicted octanol–water partition coefficient (Wildman–Crippen LogP) is 3.31. The molecule has 0 radical (unpaired) electrons. The van der Waals surface area contributed by atoms with Crippen LogP contribution in [0.2, 0.25) is 5.02 Å². The fourth-order valence-corrected chi connectivity index (χ4v) is 2.85. The summed E-state index contributed by atoms with van der Waals surface area (Å²) in [5.74, 6) is -0.227. The maximum atomic E-state index is 13.2. The summed E-state index contributed by atoms with van der Waals surface area (Å²) in [4.78, 5) is 21.4. The smallest absolute Gasteiger partial charge is 0.306 e. The van der Waals surface area contributed by atoms with Gasteiger partial charge in [0.2, 0.25) is 0 Å². The van der Waals surface area contributed by atoms with E-state index in [1.165, 1.54) is 18.5 Å². The first-order chi connectivity index (χ1) is 11.5. The first-order valence-electron chi connectivity index (χ1n) is 7.55. The molecule has 0 atom stereocenters. The first-order valence-corrected chi connectivity index (χ1v) is 7.92. The van der Waals surface area contributed by atoms with Crippen LogP contribution in [0.4, 0.5) is 21.7 Å². The summed E-state index contributed by atoms with van der Waals surface area (Å²) in [5, 5.41) is 12.1. The van der Waals surface area contributed by atoms with Crippen LogP contribution in [0, 0.1) is 11.7 Å². The molecule has 2 N–H and O–H groups in total. The highest BCUT2D eigenvalue weighted by Crippen LogP contribution is 2.25. The molecule has 1 aromatic carbocycles. The Balaban J connectivity index is 1.70. The number of hydrogen-bond donors (Lipinski definition) is 2. The summed E-state index contributed by atoms with van der Waals surface area (Å²) in [5.41, 5.74) is 0.621. The number of halogens is 2. The number of piperidine rings is 1. The number of aromatic nitrogens is 2. The average Bonchev–Trinajstić information content (AvgIpc) is 2.58. The molecule has 1 aromatic heterocycles. The number of hydrogen-bond acceptors (Lipinski definition) is 5. The number of aliphatic carboxylic acids is 1. The van der Waals surface area contributed by atoms with Gasteiger partial charge in [0.15, 0.2) is 0 Å². The molecular weight excluding hydrogens is 335 g/mol. The quantitative estimate of drug-likeness (QED) is 0.880. The maximum Gasteiger partial charge on any atom is 0.306 e. The molecule has 6 nitrogen and oxygen atoms in total. The van der Waals surface area contributed by atoms with Crippen LogP contribution >= 0.6 is 11.6 Å². The van der Waals surface area contributed by atoms with E-state index in [2.05, 4.69) is 15.3 Å². The molecule has 126 valence electrons. The Labute approximate surface area is 143 Å². The molecule has 1 aliphatic rings. The number of benzene rings is 1. The molecule has 0 spiro atoms. The minimum absolute atomic E-state index is 0.0324. The Morgan fingerprint density at radius 2 is 2.04 bits per heavy atom.